The van der Waals surface area contributed by atoms with Crippen LogP contribution >= 0.6 is 11.3 Å². The number of carbonyl (C=O) groups excluding carboxylic acids is 2. The van der Waals surface area contributed by atoms with Gasteiger partial charge in [0.1, 0.15) is 11.9 Å². The average molecular weight is 544 g/mol. The summed E-state index contributed by atoms with van der Waals surface area (Å²) in [6.07, 6.45) is 2.68. The molecular formula is C30H35F2NO4S. The van der Waals surface area contributed by atoms with E-state index in [1.165, 1.54) is 30.6 Å². The molecule has 1 atom stereocenters. The Morgan fingerprint density at radius 1 is 1.05 bits per heavy atom. The number of carbonyl (C=O) groups is 2. The first kappa shape index (κ1) is 29.3. The molecular weight excluding hydrogens is 508 g/mol. The molecule has 3 aromatic rings. The Hall–Kier alpha value is -3.26. The Labute approximate surface area is 227 Å². The number of alkyl halides is 2. The van der Waals surface area contributed by atoms with Crippen molar-refractivity contribution in [2.45, 2.75) is 65.4 Å². The molecule has 5 nitrogen and oxygen atoms in total. The number of aryl methyl sites for hydroxylation is 2. The summed E-state index contributed by atoms with van der Waals surface area (Å²) in [6.45, 7) is 7.20. The summed E-state index contributed by atoms with van der Waals surface area (Å²) in [6, 6.07) is 14.0. The predicted octanol–water partition coefficient (Wildman–Crippen LogP) is 7.75. The highest BCUT2D eigenvalue weighted by Crippen LogP contribution is 2.37. The van der Waals surface area contributed by atoms with Crippen molar-refractivity contribution in [2.24, 2.45) is 0 Å². The van der Waals surface area contributed by atoms with Crippen LogP contribution in [0.15, 0.2) is 48.5 Å². The minimum atomic E-state index is -2.88. The van der Waals surface area contributed by atoms with Crippen molar-refractivity contribution in [3.8, 4) is 16.9 Å². The van der Waals surface area contributed by atoms with Crippen LogP contribution in [-0.2, 0) is 15.5 Å². The lowest BCUT2D eigenvalue weighted by molar-refractivity contribution is -0.140. The van der Waals surface area contributed by atoms with Crippen molar-refractivity contribution in [3.05, 3.63) is 75.0 Å². The fourth-order valence-electron chi connectivity index (χ4n) is 4.30. The molecule has 0 radical (unpaired) electrons. The van der Waals surface area contributed by atoms with Crippen molar-refractivity contribution in [3.63, 3.8) is 0 Å². The number of hydrogen-bond acceptors (Lipinski definition) is 5. The molecule has 0 fully saturated rings. The van der Waals surface area contributed by atoms with Crippen molar-refractivity contribution < 1.29 is 27.8 Å². The SMILES string of the molecule is CCCCC(Oc1cc(C)c(-c2ccc(C(C)(F)F)cc2)c(C)c1)c1ccc(C(=O)NCCC(=O)OC)s1. The molecule has 1 aromatic heterocycles. The van der Waals surface area contributed by atoms with E-state index in [0.29, 0.717) is 4.88 Å². The van der Waals surface area contributed by atoms with Crippen LogP contribution in [0.25, 0.3) is 11.1 Å². The zero-order valence-corrected chi connectivity index (χ0v) is 23.3. The summed E-state index contributed by atoms with van der Waals surface area (Å²) in [7, 11) is 1.32. The second kappa shape index (κ2) is 13.0. The van der Waals surface area contributed by atoms with Crippen molar-refractivity contribution in [2.75, 3.05) is 13.7 Å². The molecule has 0 saturated carbocycles. The highest BCUT2D eigenvalue weighted by Gasteiger charge is 2.24. The molecule has 8 heteroatoms. The number of amides is 1. The lowest BCUT2D eigenvalue weighted by Crippen LogP contribution is -2.25. The number of methoxy groups -OCH3 is 1. The van der Waals surface area contributed by atoms with E-state index in [0.717, 1.165) is 59.1 Å². The normalized spacial score (nSPS) is 12.2. The summed E-state index contributed by atoms with van der Waals surface area (Å²) in [5, 5.41) is 2.75. The first-order chi connectivity index (χ1) is 18.0. The zero-order chi connectivity index (χ0) is 27.9. The topological polar surface area (TPSA) is 64.6 Å². The van der Waals surface area contributed by atoms with Crippen LogP contribution < -0.4 is 10.1 Å². The lowest BCUT2D eigenvalue weighted by atomic mass is 9.94. The van der Waals surface area contributed by atoms with Gasteiger partial charge in [0.2, 0.25) is 0 Å². The van der Waals surface area contributed by atoms with E-state index in [1.807, 2.05) is 32.0 Å². The fraction of sp³-hybridized carbons (Fsp3) is 0.400. The van der Waals surface area contributed by atoms with E-state index in [1.54, 1.807) is 18.2 Å². The van der Waals surface area contributed by atoms with E-state index >= 15 is 0 Å². The molecule has 204 valence electrons. The number of rotatable bonds is 12. The molecule has 0 spiro atoms. The van der Waals surface area contributed by atoms with Gasteiger partial charge in [0.15, 0.2) is 0 Å². The average Bonchev–Trinajstić information content (AvgIpc) is 3.36. The summed E-state index contributed by atoms with van der Waals surface area (Å²) in [5.41, 5.74) is 3.84. The predicted molar refractivity (Wildman–Crippen MR) is 147 cm³/mol. The van der Waals surface area contributed by atoms with Crippen LogP contribution in [-0.4, -0.2) is 25.5 Å². The van der Waals surface area contributed by atoms with Gasteiger partial charge in [0, 0.05) is 23.9 Å². The molecule has 1 unspecified atom stereocenters. The number of unbranched alkanes of at least 4 members (excludes halogenated alkanes) is 1. The Morgan fingerprint density at radius 3 is 2.29 bits per heavy atom. The van der Waals surface area contributed by atoms with Gasteiger partial charge in [-0.05, 0) is 73.2 Å². The van der Waals surface area contributed by atoms with Crippen LogP contribution in [0.1, 0.15) is 76.9 Å². The number of thiophene rings is 1. The number of esters is 1. The molecule has 0 aliphatic carbocycles. The third-order valence-corrected chi connectivity index (χ3v) is 7.47. The molecule has 3 rings (SSSR count). The van der Waals surface area contributed by atoms with Gasteiger partial charge < -0.3 is 14.8 Å². The maximum atomic E-state index is 13.6. The van der Waals surface area contributed by atoms with Gasteiger partial charge in [-0.2, -0.15) is 0 Å². The Kier molecular flexibility index (Phi) is 10.0. The van der Waals surface area contributed by atoms with Gasteiger partial charge >= 0.3 is 5.97 Å². The molecule has 0 bridgehead atoms. The molecule has 1 heterocycles. The van der Waals surface area contributed by atoms with E-state index in [4.69, 9.17) is 4.74 Å². The summed E-state index contributed by atoms with van der Waals surface area (Å²) in [5.74, 6) is -2.76. The molecule has 1 N–H and O–H groups in total. The van der Waals surface area contributed by atoms with Crippen molar-refractivity contribution in [1.29, 1.82) is 0 Å². The maximum Gasteiger partial charge on any atom is 0.307 e. The quantitative estimate of drug-likeness (QED) is 0.237. The molecule has 0 saturated heterocycles. The van der Waals surface area contributed by atoms with Crippen LogP contribution in [0.2, 0.25) is 0 Å². The van der Waals surface area contributed by atoms with Crippen molar-refractivity contribution >= 4 is 23.2 Å². The number of nitrogens with one attached hydrogen (secondary N) is 1. The lowest BCUT2D eigenvalue weighted by Gasteiger charge is -2.20. The molecule has 38 heavy (non-hydrogen) atoms. The van der Waals surface area contributed by atoms with E-state index in [9.17, 15) is 18.4 Å². The van der Waals surface area contributed by atoms with Gasteiger partial charge in [-0.1, -0.05) is 37.6 Å². The van der Waals surface area contributed by atoms with Gasteiger partial charge in [0.05, 0.1) is 18.4 Å². The Morgan fingerprint density at radius 2 is 1.71 bits per heavy atom. The monoisotopic (exact) mass is 543 g/mol. The fourth-order valence-corrected chi connectivity index (χ4v) is 5.29. The van der Waals surface area contributed by atoms with E-state index in [2.05, 4.69) is 17.0 Å². The van der Waals surface area contributed by atoms with Crippen molar-refractivity contribution in [1.82, 2.24) is 5.32 Å². The highest BCUT2D eigenvalue weighted by atomic mass is 32.1. The standard InChI is InChI=1S/C30H35F2NO4S/c1-6-7-8-24(25-13-14-26(38-25)29(35)33-16-15-27(34)36-5)37-23-17-19(2)28(20(3)18-23)21-9-11-22(12-10-21)30(4,31)32/h9-14,17-18,24H,6-8,15-16H2,1-5H3,(H,33,35). The largest absolute Gasteiger partial charge is 0.485 e. The summed E-state index contributed by atoms with van der Waals surface area (Å²) >= 11 is 1.38. The van der Waals surface area contributed by atoms with Crippen LogP contribution in [0.3, 0.4) is 0 Å². The number of halogens is 2. The third-order valence-electron chi connectivity index (χ3n) is 6.30. The van der Waals surface area contributed by atoms with Crippen LogP contribution in [0.4, 0.5) is 8.78 Å². The second-order valence-electron chi connectivity index (χ2n) is 9.43. The van der Waals surface area contributed by atoms with Gasteiger partial charge in [0.25, 0.3) is 11.8 Å². The maximum absolute atomic E-state index is 13.6. The van der Waals surface area contributed by atoms with Crippen LogP contribution in [0, 0.1) is 13.8 Å². The van der Waals surface area contributed by atoms with Gasteiger partial charge in [-0.25, -0.2) is 8.78 Å². The van der Waals surface area contributed by atoms with Gasteiger partial charge in [-0.15, -0.1) is 11.3 Å². The Bertz CT molecular complexity index is 1220. The smallest absolute Gasteiger partial charge is 0.307 e. The molecule has 1 amide bonds. The first-order valence-corrected chi connectivity index (χ1v) is 13.6. The summed E-state index contributed by atoms with van der Waals surface area (Å²) < 4.78 is 38.3. The molecule has 0 aliphatic rings. The third kappa shape index (κ3) is 7.63. The Balaban J connectivity index is 1.78. The second-order valence-corrected chi connectivity index (χ2v) is 10.5. The van der Waals surface area contributed by atoms with Gasteiger partial charge in [-0.3, -0.25) is 9.59 Å². The molecule has 2 aromatic carbocycles. The summed E-state index contributed by atoms with van der Waals surface area (Å²) in [4.78, 5) is 25.3. The number of benzene rings is 2. The minimum Gasteiger partial charge on any atom is -0.485 e. The number of hydrogen-bond donors (Lipinski definition) is 1. The van der Waals surface area contributed by atoms with Crippen LogP contribution in [0.5, 0.6) is 5.75 Å². The molecule has 0 aliphatic heterocycles. The number of ether oxygens (including phenoxy) is 2. The minimum absolute atomic E-state index is 0.0114. The first-order valence-electron chi connectivity index (χ1n) is 12.7. The van der Waals surface area contributed by atoms with E-state index in [-0.39, 0.29) is 36.5 Å². The van der Waals surface area contributed by atoms with E-state index < -0.39 is 5.92 Å². The zero-order valence-electron chi connectivity index (χ0n) is 22.5. The highest BCUT2D eigenvalue weighted by molar-refractivity contribution is 7.14.